The van der Waals surface area contributed by atoms with Gasteiger partial charge in [0.25, 0.3) is 0 Å². The summed E-state index contributed by atoms with van der Waals surface area (Å²) in [5.41, 5.74) is 0. The highest BCUT2D eigenvalue weighted by Gasteiger charge is 2.38. The molecule has 3 nitrogen and oxygen atoms in total. The predicted molar refractivity (Wildman–Crippen MR) is 75.8 cm³/mol. The van der Waals surface area contributed by atoms with Crippen LogP contribution >= 0.6 is 0 Å². The van der Waals surface area contributed by atoms with Crippen molar-refractivity contribution < 1.29 is 0 Å². The Hall–Kier alpha value is -0.120. The van der Waals surface area contributed by atoms with E-state index >= 15 is 0 Å². The summed E-state index contributed by atoms with van der Waals surface area (Å²) in [5.74, 6) is 1.88. The molecule has 0 aromatic heterocycles. The van der Waals surface area contributed by atoms with Crippen LogP contribution in [0.2, 0.25) is 0 Å². The Morgan fingerprint density at radius 3 is 2.00 bits per heavy atom. The standard InChI is InChI=1S/C15H29N3/c1-12-7-13(2)9-14(8-12)18-10-15(11-18)17-5-3-16-4-6-17/h12-16H,3-11H2,1-2H3. The van der Waals surface area contributed by atoms with Gasteiger partial charge in [0.1, 0.15) is 0 Å². The predicted octanol–water partition coefficient (Wildman–Crippen LogP) is 1.40. The summed E-state index contributed by atoms with van der Waals surface area (Å²) in [5, 5.41) is 3.45. The molecule has 1 aliphatic carbocycles. The number of nitrogens with zero attached hydrogens (tertiary/aromatic N) is 2. The van der Waals surface area contributed by atoms with Gasteiger partial charge in [-0.05, 0) is 31.1 Å². The van der Waals surface area contributed by atoms with Gasteiger partial charge in [-0.3, -0.25) is 9.80 Å². The number of hydrogen-bond acceptors (Lipinski definition) is 3. The van der Waals surface area contributed by atoms with Gasteiger partial charge in [0.15, 0.2) is 0 Å². The molecule has 0 amide bonds. The first-order valence-corrected chi connectivity index (χ1v) is 7.91. The van der Waals surface area contributed by atoms with Crippen LogP contribution in [-0.2, 0) is 0 Å². The molecule has 104 valence electrons. The van der Waals surface area contributed by atoms with Gasteiger partial charge in [-0.15, -0.1) is 0 Å². The van der Waals surface area contributed by atoms with Gasteiger partial charge in [0, 0.05) is 51.4 Å². The topological polar surface area (TPSA) is 18.5 Å². The minimum Gasteiger partial charge on any atom is -0.314 e. The fraction of sp³-hybridized carbons (Fsp3) is 1.00. The minimum absolute atomic E-state index is 0.861. The first-order chi connectivity index (χ1) is 8.72. The van der Waals surface area contributed by atoms with Crippen molar-refractivity contribution in [2.45, 2.75) is 45.2 Å². The van der Waals surface area contributed by atoms with E-state index in [-0.39, 0.29) is 0 Å². The molecule has 0 aromatic carbocycles. The van der Waals surface area contributed by atoms with Gasteiger partial charge in [0.2, 0.25) is 0 Å². The van der Waals surface area contributed by atoms with Gasteiger partial charge < -0.3 is 5.32 Å². The van der Waals surface area contributed by atoms with E-state index in [1.165, 1.54) is 58.5 Å². The average molecular weight is 251 g/mol. The lowest BCUT2D eigenvalue weighted by atomic mass is 9.78. The highest BCUT2D eigenvalue weighted by Crippen LogP contribution is 2.34. The average Bonchev–Trinajstić information content (AvgIpc) is 2.27. The number of likely N-dealkylation sites (tertiary alicyclic amines) is 1. The van der Waals surface area contributed by atoms with Crippen LogP contribution in [0.3, 0.4) is 0 Å². The minimum atomic E-state index is 0.861. The molecule has 3 heteroatoms. The Labute approximate surface area is 112 Å². The fourth-order valence-corrected chi connectivity index (χ4v) is 4.27. The van der Waals surface area contributed by atoms with Crippen LogP contribution in [0.5, 0.6) is 0 Å². The molecule has 3 fully saturated rings. The maximum atomic E-state index is 3.45. The van der Waals surface area contributed by atoms with Crippen LogP contribution in [0.15, 0.2) is 0 Å². The van der Waals surface area contributed by atoms with Crippen molar-refractivity contribution in [2.24, 2.45) is 11.8 Å². The molecule has 1 saturated carbocycles. The second-order valence-electron chi connectivity index (χ2n) is 6.96. The maximum absolute atomic E-state index is 3.45. The van der Waals surface area contributed by atoms with E-state index in [0.717, 1.165) is 23.9 Å². The van der Waals surface area contributed by atoms with Crippen LogP contribution < -0.4 is 5.32 Å². The first kappa shape index (κ1) is 12.9. The smallest absolute Gasteiger partial charge is 0.0351 e. The van der Waals surface area contributed by atoms with Gasteiger partial charge in [-0.2, -0.15) is 0 Å². The zero-order valence-electron chi connectivity index (χ0n) is 12.1. The lowest BCUT2D eigenvalue weighted by molar-refractivity contribution is -0.0217. The van der Waals surface area contributed by atoms with E-state index in [9.17, 15) is 0 Å². The molecule has 3 aliphatic rings. The Balaban J connectivity index is 1.46. The van der Waals surface area contributed by atoms with E-state index < -0.39 is 0 Å². The third-order valence-corrected chi connectivity index (χ3v) is 5.23. The summed E-state index contributed by atoms with van der Waals surface area (Å²) in [6.45, 7) is 12.5. The van der Waals surface area contributed by atoms with Crippen molar-refractivity contribution in [3.63, 3.8) is 0 Å². The molecule has 2 unspecified atom stereocenters. The molecular formula is C15H29N3. The largest absolute Gasteiger partial charge is 0.314 e. The van der Waals surface area contributed by atoms with Crippen molar-refractivity contribution in [3.05, 3.63) is 0 Å². The van der Waals surface area contributed by atoms with Crippen LogP contribution in [0.1, 0.15) is 33.1 Å². The molecular weight excluding hydrogens is 222 g/mol. The Morgan fingerprint density at radius 1 is 0.778 bits per heavy atom. The molecule has 2 heterocycles. The van der Waals surface area contributed by atoms with Crippen LogP contribution in [-0.4, -0.2) is 61.2 Å². The summed E-state index contributed by atoms with van der Waals surface area (Å²) in [6.07, 6.45) is 4.34. The van der Waals surface area contributed by atoms with Crippen molar-refractivity contribution in [1.82, 2.24) is 15.1 Å². The van der Waals surface area contributed by atoms with Gasteiger partial charge in [0.05, 0.1) is 0 Å². The summed E-state index contributed by atoms with van der Waals surface area (Å²) in [4.78, 5) is 5.46. The Kier molecular flexibility index (Phi) is 3.92. The van der Waals surface area contributed by atoms with E-state index in [1.807, 2.05) is 0 Å². The zero-order chi connectivity index (χ0) is 12.5. The highest BCUT2D eigenvalue weighted by molar-refractivity contribution is 4.95. The van der Waals surface area contributed by atoms with Gasteiger partial charge in [-0.25, -0.2) is 0 Å². The Bertz CT molecular complexity index is 259. The molecule has 0 aromatic rings. The van der Waals surface area contributed by atoms with E-state index in [4.69, 9.17) is 0 Å². The van der Waals surface area contributed by atoms with Crippen LogP contribution in [0, 0.1) is 11.8 Å². The molecule has 0 bridgehead atoms. The SMILES string of the molecule is CC1CC(C)CC(N2CC(N3CCNCC3)C2)C1. The molecule has 2 aliphatic heterocycles. The molecule has 2 saturated heterocycles. The maximum Gasteiger partial charge on any atom is 0.0351 e. The lowest BCUT2D eigenvalue weighted by Crippen LogP contribution is -2.65. The zero-order valence-corrected chi connectivity index (χ0v) is 12.1. The summed E-state index contributed by atoms with van der Waals surface area (Å²) in [7, 11) is 0. The van der Waals surface area contributed by atoms with E-state index in [2.05, 4.69) is 29.0 Å². The normalized spacial score (nSPS) is 40.7. The fourth-order valence-electron chi connectivity index (χ4n) is 4.27. The monoisotopic (exact) mass is 251 g/mol. The molecule has 0 spiro atoms. The molecule has 1 N–H and O–H groups in total. The summed E-state index contributed by atoms with van der Waals surface area (Å²) >= 11 is 0. The molecule has 2 atom stereocenters. The second-order valence-corrected chi connectivity index (χ2v) is 6.96. The van der Waals surface area contributed by atoms with Crippen molar-refractivity contribution >= 4 is 0 Å². The van der Waals surface area contributed by atoms with Gasteiger partial charge >= 0.3 is 0 Å². The molecule has 18 heavy (non-hydrogen) atoms. The van der Waals surface area contributed by atoms with Crippen molar-refractivity contribution in [2.75, 3.05) is 39.3 Å². The quantitative estimate of drug-likeness (QED) is 0.800. The summed E-state index contributed by atoms with van der Waals surface area (Å²) < 4.78 is 0. The third-order valence-electron chi connectivity index (χ3n) is 5.23. The molecule has 0 radical (unpaired) electrons. The number of piperazine rings is 1. The highest BCUT2D eigenvalue weighted by atomic mass is 15.3. The number of nitrogens with one attached hydrogen (secondary N) is 1. The second kappa shape index (κ2) is 5.48. The van der Waals surface area contributed by atoms with E-state index in [1.54, 1.807) is 0 Å². The van der Waals surface area contributed by atoms with Gasteiger partial charge in [-0.1, -0.05) is 13.8 Å². The summed E-state index contributed by atoms with van der Waals surface area (Å²) in [6, 6.07) is 1.75. The van der Waals surface area contributed by atoms with Crippen molar-refractivity contribution in [1.29, 1.82) is 0 Å². The first-order valence-electron chi connectivity index (χ1n) is 7.91. The number of hydrogen-bond donors (Lipinski definition) is 1. The van der Waals surface area contributed by atoms with E-state index in [0.29, 0.717) is 0 Å². The van der Waals surface area contributed by atoms with Crippen molar-refractivity contribution in [3.8, 4) is 0 Å². The third kappa shape index (κ3) is 2.73. The Morgan fingerprint density at radius 2 is 1.39 bits per heavy atom. The van der Waals surface area contributed by atoms with Crippen LogP contribution in [0.4, 0.5) is 0 Å². The lowest BCUT2D eigenvalue weighted by Gasteiger charge is -2.52. The van der Waals surface area contributed by atoms with Crippen LogP contribution in [0.25, 0.3) is 0 Å². The molecule has 3 rings (SSSR count). The number of rotatable bonds is 2.